The molecular weight excluding hydrogens is 346 g/mol. The molecule has 138 valence electrons. The number of rotatable bonds is 7. The number of ether oxygens (including phenoxy) is 1. The number of hydrogen-bond acceptors (Lipinski definition) is 7. The minimum absolute atomic E-state index is 0.0888. The van der Waals surface area contributed by atoms with Crippen molar-refractivity contribution in [2.45, 2.75) is 13.5 Å². The van der Waals surface area contributed by atoms with Crippen molar-refractivity contribution in [1.29, 1.82) is 0 Å². The van der Waals surface area contributed by atoms with E-state index in [1.807, 2.05) is 37.3 Å². The number of hydrogen-bond donors (Lipinski definition) is 2. The molecule has 0 radical (unpaired) electrons. The minimum atomic E-state index is -0.505. The van der Waals surface area contributed by atoms with E-state index in [1.54, 1.807) is 18.2 Å². The number of aromatic nitrogens is 2. The smallest absolute Gasteiger partial charge is 0.353 e. The first-order chi connectivity index (χ1) is 13.1. The second-order valence-electron chi connectivity index (χ2n) is 5.84. The highest BCUT2D eigenvalue weighted by atomic mass is 16.6. The van der Waals surface area contributed by atoms with Crippen LogP contribution in [0.4, 0.5) is 23.0 Å². The largest absolute Gasteiger partial charge is 0.495 e. The molecule has 0 aliphatic heterocycles. The maximum absolute atomic E-state index is 11.7. The molecule has 1 aromatic heterocycles. The Morgan fingerprint density at radius 2 is 1.78 bits per heavy atom. The molecule has 0 amide bonds. The average molecular weight is 365 g/mol. The molecule has 1 heterocycles. The summed E-state index contributed by atoms with van der Waals surface area (Å²) >= 11 is 0. The number of aryl methyl sites for hydroxylation is 1. The maximum atomic E-state index is 11.7. The Balaban J connectivity index is 1.88. The quantitative estimate of drug-likeness (QED) is 0.481. The molecule has 0 unspecified atom stereocenters. The number of nitrogens with zero attached hydrogens (tertiary/aromatic N) is 3. The van der Waals surface area contributed by atoms with Gasteiger partial charge in [0, 0.05) is 6.54 Å². The van der Waals surface area contributed by atoms with E-state index in [0.717, 1.165) is 11.1 Å². The third-order valence-electron chi connectivity index (χ3n) is 3.95. The van der Waals surface area contributed by atoms with Gasteiger partial charge in [-0.1, -0.05) is 42.0 Å². The van der Waals surface area contributed by atoms with E-state index < -0.39 is 4.92 Å². The summed E-state index contributed by atoms with van der Waals surface area (Å²) < 4.78 is 5.27. The lowest BCUT2D eigenvalue weighted by atomic mass is 10.1. The fraction of sp³-hybridized carbons (Fsp3) is 0.158. The monoisotopic (exact) mass is 365 g/mol. The molecule has 0 saturated carbocycles. The molecule has 3 aromatic rings. The average Bonchev–Trinajstić information content (AvgIpc) is 2.68. The van der Waals surface area contributed by atoms with Gasteiger partial charge in [0.1, 0.15) is 12.1 Å². The standard InChI is InChI=1S/C19H19N5O3/c1-13-7-9-14(10-8-13)11-20-18-17(24(25)26)19(22-12-21-18)23-15-5-3-4-6-16(15)27-2/h3-10,12H,11H2,1-2H3,(H2,20,21,22,23). The zero-order valence-electron chi connectivity index (χ0n) is 15.0. The zero-order chi connectivity index (χ0) is 19.2. The molecule has 0 aliphatic rings. The summed E-state index contributed by atoms with van der Waals surface area (Å²) in [5.41, 5.74) is 2.49. The highest BCUT2D eigenvalue weighted by molar-refractivity contribution is 5.75. The first kappa shape index (κ1) is 18.1. The van der Waals surface area contributed by atoms with Crippen molar-refractivity contribution in [3.63, 3.8) is 0 Å². The van der Waals surface area contributed by atoms with Gasteiger partial charge in [0.25, 0.3) is 0 Å². The third-order valence-corrected chi connectivity index (χ3v) is 3.95. The number of para-hydroxylation sites is 2. The topological polar surface area (TPSA) is 102 Å². The van der Waals surface area contributed by atoms with Gasteiger partial charge in [-0.15, -0.1) is 0 Å². The maximum Gasteiger partial charge on any atom is 0.353 e. The lowest BCUT2D eigenvalue weighted by Crippen LogP contribution is -2.08. The van der Waals surface area contributed by atoms with Crippen LogP contribution in [0, 0.1) is 17.0 Å². The first-order valence-electron chi connectivity index (χ1n) is 8.27. The van der Waals surface area contributed by atoms with Crippen LogP contribution in [-0.4, -0.2) is 22.0 Å². The predicted octanol–water partition coefficient (Wildman–Crippen LogP) is 4.06. The van der Waals surface area contributed by atoms with E-state index in [9.17, 15) is 10.1 Å². The summed E-state index contributed by atoms with van der Waals surface area (Å²) in [6, 6.07) is 15.0. The first-order valence-corrected chi connectivity index (χ1v) is 8.27. The molecule has 0 saturated heterocycles. The fourth-order valence-electron chi connectivity index (χ4n) is 2.54. The van der Waals surface area contributed by atoms with Gasteiger partial charge in [-0.25, -0.2) is 9.97 Å². The van der Waals surface area contributed by atoms with E-state index in [1.165, 1.54) is 13.4 Å². The Bertz CT molecular complexity index is 944. The second kappa shape index (κ2) is 8.13. The normalized spacial score (nSPS) is 10.3. The molecule has 3 rings (SSSR count). The SMILES string of the molecule is COc1ccccc1Nc1ncnc(NCc2ccc(C)cc2)c1[N+](=O)[O-]. The zero-order valence-corrected chi connectivity index (χ0v) is 15.0. The molecule has 0 fully saturated rings. The van der Waals surface area contributed by atoms with Crippen LogP contribution in [-0.2, 0) is 6.54 Å². The van der Waals surface area contributed by atoms with Gasteiger partial charge in [0.2, 0.25) is 11.6 Å². The molecule has 2 aromatic carbocycles. The Labute approximate surface area is 156 Å². The lowest BCUT2D eigenvalue weighted by molar-refractivity contribution is -0.383. The van der Waals surface area contributed by atoms with Crippen molar-refractivity contribution in [3.05, 3.63) is 76.1 Å². The van der Waals surface area contributed by atoms with Gasteiger partial charge >= 0.3 is 5.69 Å². The number of benzene rings is 2. The Morgan fingerprint density at radius 3 is 2.48 bits per heavy atom. The van der Waals surface area contributed by atoms with Crippen molar-refractivity contribution in [3.8, 4) is 5.75 Å². The van der Waals surface area contributed by atoms with Crippen molar-refractivity contribution >= 4 is 23.0 Å². The van der Waals surface area contributed by atoms with Crippen LogP contribution in [0.5, 0.6) is 5.75 Å². The van der Waals surface area contributed by atoms with Crippen LogP contribution in [0.3, 0.4) is 0 Å². The molecular formula is C19H19N5O3. The van der Waals surface area contributed by atoms with E-state index in [4.69, 9.17) is 4.74 Å². The van der Waals surface area contributed by atoms with Gasteiger partial charge in [-0.05, 0) is 24.6 Å². The van der Waals surface area contributed by atoms with Gasteiger partial charge < -0.3 is 15.4 Å². The third kappa shape index (κ3) is 4.30. The summed E-state index contributed by atoms with van der Waals surface area (Å²) in [5, 5.41) is 17.6. The van der Waals surface area contributed by atoms with Crippen molar-refractivity contribution < 1.29 is 9.66 Å². The van der Waals surface area contributed by atoms with Crippen LogP contribution in [0.1, 0.15) is 11.1 Å². The van der Waals surface area contributed by atoms with E-state index >= 15 is 0 Å². The molecule has 2 N–H and O–H groups in total. The molecule has 8 heteroatoms. The van der Waals surface area contributed by atoms with Crippen molar-refractivity contribution in [2.75, 3.05) is 17.7 Å². The fourth-order valence-corrected chi connectivity index (χ4v) is 2.54. The van der Waals surface area contributed by atoms with E-state index in [2.05, 4.69) is 20.6 Å². The number of anilines is 3. The van der Waals surface area contributed by atoms with Gasteiger partial charge in [0.15, 0.2) is 0 Å². The molecule has 0 aliphatic carbocycles. The van der Waals surface area contributed by atoms with Crippen molar-refractivity contribution in [2.24, 2.45) is 0 Å². The summed E-state index contributed by atoms with van der Waals surface area (Å²) in [7, 11) is 1.53. The molecule has 0 atom stereocenters. The Morgan fingerprint density at radius 1 is 1.07 bits per heavy atom. The molecule has 27 heavy (non-hydrogen) atoms. The van der Waals surface area contributed by atoms with Crippen molar-refractivity contribution in [1.82, 2.24) is 9.97 Å². The number of methoxy groups -OCH3 is 1. The lowest BCUT2D eigenvalue weighted by Gasteiger charge is -2.12. The number of nitrogens with one attached hydrogen (secondary N) is 2. The van der Waals surface area contributed by atoms with Crippen LogP contribution < -0.4 is 15.4 Å². The molecule has 0 bridgehead atoms. The van der Waals surface area contributed by atoms with E-state index in [0.29, 0.717) is 18.0 Å². The molecule has 8 nitrogen and oxygen atoms in total. The van der Waals surface area contributed by atoms with Crippen LogP contribution in [0.15, 0.2) is 54.9 Å². The van der Waals surface area contributed by atoms with Gasteiger partial charge in [0.05, 0.1) is 17.7 Å². The van der Waals surface area contributed by atoms with Crippen LogP contribution in [0.25, 0.3) is 0 Å². The van der Waals surface area contributed by atoms with Gasteiger partial charge in [-0.2, -0.15) is 0 Å². The van der Waals surface area contributed by atoms with Gasteiger partial charge in [-0.3, -0.25) is 10.1 Å². The highest BCUT2D eigenvalue weighted by Gasteiger charge is 2.23. The molecule has 0 spiro atoms. The summed E-state index contributed by atoms with van der Waals surface area (Å²) in [4.78, 5) is 19.2. The summed E-state index contributed by atoms with van der Waals surface area (Å²) in [6.45, 7) is 2.41. The van der Waals surface area contributed by atoms with Crippen LogP contribution >= 0.6 is 0 Å². The summed E-state index contributed by atoms with van der Waals surface area (Å²) in [5.74, 6) is 0.790. The minimum Gasteiger partial charge on any atom is -0.495 e. The second-order valence-corrected chi connectivity index (χ2v) is 5.84. The number of nitro groups is 1. The summed E-state index contributed by atoms with van der Waals surface area (Å²) in [6.07, 6.45) is 1.28. The predicted molar refractivity (Wildman–Crippen MR) is 103 cm³/mol. The Kier molecular flexibility index (Phi) is 5.46. The van der Waals surface area contributed by atoms with Crippen LogP contribution in [0.2, 0.25) is 0 Å². The van der Waals surface area contributed by atoms with E-state index in [-0.39, 0.29) is 17.3 Å². The Hall–Kier alpha value is -3.68. The highest BCUT2D eigenvalue weighted by Crippen LogP contribution is 2.34.